The van der Waals surface area contributed by atoms with Crippen LogP contribution < -0.4 is 20.5 Å². The van der Waals surface area contributed by atoms with E-state index < -0.39 is 0 Å². The van der Waals surface area contributed by atoms with E-state index in [1.807, 2.05) is 86.9 Å². The molecule has 0 aliphatic heterocycles. The zero-order valence-electron chi connectivity index (χ0n) is 31.0. The van der Waals surface area contributed by atoms with Crippen molar-refractivity contribution in [2.24, 2.45) is 19.8 Å². The van der Waals surface area contributed by atoms with Crippen LogP contribution in [0.4, 0.5) is 5.82 Å². The SMILES string of the molecule is Cl.Clc1ncnc2ccccc12.Cn1nc(OCCN)cc1-c1ccc(Cl)cc1Cl.Cn1nc(OCCNc2ncnc3ccccc23)cc1-c1ccc(Cl)cc1Cl. The third kappa shape index (κ3) is 11.4. The van der Waals surface area contributed by atoms with E-state index in [0.717, 1.165) is 50.1 Å². The molecule has 4 aromatic carbocycles. The van der Waals surface area contributed by atoms with E-state index in [1.54, 1.807) is 40.0 Å². The molecule has 4 heterocycles. The molecule has 0 unspecified atom stereocenters. The van der Waals surface area contributed by atoms with Crippen molar-refractivity contribution in [3.63, 3.8) is 0 Å². The average Bonchev–Trinajstić information content (AvgIpc) is 3.77. The molecule has 300 valence electrons. The second-order valence-corrected chi connectivity index (χ2v) is 14.1. The molecule has 4 aromatic heterocycles. The molecule has 0 aliphatic rings. The number of nitrogens with two attached hydrogens (primary N) is 1. The summed E-state index contributed by atoms with van der Waals surface area (Å²) in [7, 11) is 3.67. The van der Waals surface area contributed by atoms with Crippen molar-refractivity contribution < 1.29 is 9.47 Å². The molecule has 0 saturated heterocycles. The average molecular weight is 902 g/mol. The Morgan fingerprint density at radius 2 is 1.10 bits per heavy atom. The van der Waals surface area contributed by atoms with Crippen LogP contribution in [0.15, 0.2) is 110 Å². The maximum atomic E-state index is 6.30. The van der Waals surface area contributed by atoms with E-state index in [-0.39, 0.29) is 12.4 Å². The third-order valence-corrected chi connectivity index (χ3v) is 9.58. The number of hydrogen-bond donors (Lipinski definition) is 2. The van der Waals surface area contributed by atoms with Gasteiger partial charge in [0.2, 0.25) is 11.8 Å². The van der Waals surface area contributed by atoms with Gasteiger partial charge in [0.15, 0.2) is 0 Å². The Labute approximate surface area is 365 Å². The molecule has 8 aromatic rings. The summed E-state index contributed by atoms with van der Waals surface area (Å²) in [5.41, 5.74) is 10.6. The number of halogens is 6. The number of aromatic nitrogens is 8. The van der Waals surface area contributed by atoms with E-state index in [2.05, 4.69) is 35.5 Å². The normalized spacial score (nSPS) is 10.6. The first-order valence-corrected chi connectivity index (χ1v) is 19.2. The number of nitrogens with zero attached hydrogens (tertiary/aromatic N) is 8. The Balaban J connectivity index is 0.000000182. The Hall–Kier alpha value is -4.92. The fourth-order valence-electron chi connectivity index (χ4n) is 5.53. The van der Waals surface area contributed by atoms with Crippen molar-refractivity contribution >= 4 is 98.0 Å². The topological polar surface area (TPSA) is 144 Å². The summed E-state index contributed by atoms with van der Waals surface area (Å²) in [6, 6.07) is 29.9. The van der Waals surface area contributed by atoms with E-state index in [4.69, 9.17) is 73.2 Å². The monoisotopic (exact) mass is 898 g/mol. The number of aryl methyl sites for hydroxylation is 2. The van der Waals surface area contributed by atoms with Gasteiger partial charge in [-0.1, -0.05) is 82.3 Å². The van der Waals surface area contributed by atoms with Crippen molar-refractivity contribution in [1.29, 1.82) is 0 Å². The molecule has 0 fully saturated rings. The van der Waals surface area contributed by atoms with Crippen molar-refractivity contribution in [1.82, 2.24) is 39.5 Å². The van der Waals surface area contributed by atoms with Gasteiger partial charge in [0, 0.05) is 64.7 Å². The minimum absolute atomic E-state index is 0. The Morgan fingerprint density at radius 3 is 1.64 bits per heavy atom. The first kappa shape index (κ1) is 44.2. The minimum atomic E-state index is 0. The highest BCUT2D eigenvalue weighted by molar-refractivity contribution is 6.37. The lowest BCUT2D eigenvalue weighted by atomic mass is 10.1. The van der Waals surface area contributed by atoms with Crippen molar-refractivity contribution in [2.75, 3.05) is 31.6 Å². The van der Waals surface area contributed by atoms with Crippen LogP contribution >= 0.6 is 70.4 Å². The molecule has 58 heavy (non-hydrogen) atoms. The van der Waals surface area contributed by atoms with Gasteiger partial charge in [-0.3, -0.25) is 9.36 Å². The van der Waals surface area contributed by atoms with Crippen LogP contribution in [0.3, 0.4) is 0 Å². The molecule has 0 saturated carbocycles. The summed E-state index contributed by atoms with van der Waals surface area (Å²) >= 11 is 30.1. The number of ether oxygens (including phenoxy) is 2. The van der Waals surface area contributed by atoms with E-state index in [0.29, 0.717) is 63.3 Å². The lowest BCUT2D eigenvalue weighted by molar-refractivity contribution is 0.312. The summed E-state index contributed by atoms with van der Waals surface area (Å²) in [6.45, 7) is 1.90. The van der Waals surface area contributed by atoms with Crippen molar-refractivity contribution in [3.05, 3.63) is 135 Å². The number of benzene rings is 4. The summed E-state index contributed by atoms with van der Waals surface area (Å²) in [5, 5.41) is 16.6. The van der Waals surface area contributed by atoms with Gasteiger partial charge in [0.25, 0.3) is 0 Å². The van der Waals surface area contributed by atoms with Crippen molar-refractivity contribution in [3.8, 4) is 34.3 Å². The Morgan fingerprint density at radius 1 is 0.603 bits per heavy atom. The molecule has 12 nitrogen and oxygen atoms in total. The molecular formula is C40H36Cl6N10O2. The zero-order chi connectivity index (χ0) is 40.3. The van der Waals surface area contributed by atoms with Gasteiger partial charge in [0.05, 0.1) is 39.0 Å². The van der Waals surface area contributed by atoms with Gasteiger partial charge in [-0.15, -0.1) is 22.6 Å². The van der Waals surface area contributed by atoms with Crippen LogP contribution in [0.5, 0.6) is 11.8 Å². The highest BCUT2D eigenvalue weighted by Crippen LogP contribution is 2.33. The number of fused-ring (bicyclic) bond motifs is 2. The first-order chi connectivity index (χ1) is 27.6. The second-order valence-electron chi connectivity index (χ2n) is 12.1. The number of hydrogen-bond acceptors (Lipinski definition) is 10. The standard InChI is InChI=1S/C20H17Cl2N5O.C12H13Cl2N3O.C8H5ClN2.ClH/c1-27-18(14-7-6-13(21)10-16(14)22)11-19(26-27)28-9-8-23-20-15-4-2-3-5-17(15)24-12-25-20;1-17-11(7-12(16-17)18-5-4-15)9-3-2-8(13)6-10(9)14;9-8-6-3-1-2-4-7(6)10-5-11-8;/h2-7,10-12H,8-9H2,1H3,(H,23,24,25);2-3,6-7H,4-5,15H2,1H3;1-5H;1H. The molecule has 0 spiro atoms. The lowest BCUT2D eigenvalue weighted by Gasteiger charge is -2.08. The van der Waals surface area contributed by atoms with Crippen LogP contribution in [0.25, 0.3) is 44.3 Å². The van der Waals surface area contributed by atoms with E-state index in [1.165, 1.54) is 6.33 Å². The molecular weight excluding hydrogens is 865 g/mol. The van der Waals surface area contributed by atoms with Gasteiger partial charge in [-0.2, -0.15) is 0 Å². The highest BCUT2D eigenvalue weighted by Gasteiger charge is 2.13. The van der Waals surface area contributed by atoms with Crippen LogP contribution in [-0.2, 0) is 14.1 Å². The van der Waals surface area contributed by atoms with Crippen molar-refractivity contribution in [2.45, 2.75) is 0 Å². The van der Waals surface area contributed by atoms with Gasteiger partial charge in [-0.25, -0.2) is 19.9 Å². The summed E-state index contributed by atoms with van der Waals surface area (Å²) in [5.74, 6) is 1.84. The second kappa shape index (κ2) is 21.2. The zero-order valence-corrected chi connectivity index (χ0v) is 35.6. The largest absolute Gasteiger partial charge is 0.475 e. The molecule has 18 heteroatoms. The lowest BCUT2D eigenvalue weighted by Crippen LogP contribution is -2.13. The first-order valence-electron chi connectivity index (χ1n) is 17.3. The molecule has 8 rings (SSSR count). The Kier molecular flexibility index (Phi) is 16.1. The minimum Gasteiger partial charge on any atom is -0.475 e. The van der Waals surface area contributed by atoms with E-state index >= 15 is 0 Å². The molecule has 0 bridgehead atoms. The summed E-state index contributed by atoms with van der Waals surface area (Å²) in [6.07, 6.45) is 3.01. The molecule has 0 atom stereocenters. The van der Waals surface area contributed by atoms with Crippen LogP contribution in [0.1, 0.15) is 0 Å². The number of rotatable bonds is 10. The van der Waals surface area contributed by atoms with Gasteiger partial charge in [0.1, 0.15) is 36.8 Å². The predicted octanol–water partition coefficient (Wildman–Crippen LogP) is 10.3. The summed E-state index contributed by atoms with van der Waals surface area (Å²) < 4.78 is 14.6. The van der Waals surface area contributed by atoms with E-state index in [9.17, 15) is 0 Å². The van der Waals surface area contributed by atoms with Crippen LogP contribution in [0, 0.1) is 0 Å². The maximum Gasteiger partial charge on any atom is 0.233 e. The predicted molar refractivity (Wildman–Crippen MR) is 237 cm³/mol. The van der Waals surface area contributed by atoms with Gasteiger partial charge >= 0.3 is 0 Å². The quantitative estimate of drug-likeness (QED) is 0.101. The summed E-state index contributed by atoms with van der Waals surface area (Å²) in [4.78, 5) is 16.5. The van der Waals surface area contributed by atoms with Gasteiger partial charge < -0.3 is 20.5 Å². The van der Waals surface area contributed by atoms with Gasteiger partial charge in [-0.05, 0) is 60.7 Å². The smallest absolute Gasteiger partial charge is 0.233 e. The van der Waals surface area contributed by atoms with Crippen LogP contribution in [0.2, 0.25) is 25.2 Å². The number of para-hydroxylation sites is 2. The third-order valence-electron chi connectivity index (χ3n) is 8.18. The molecule has 0 aliphatic carbocycles. The number of nitrogens with one attached hydrogen (secondary N) is 1. The number of anilines is 1. The maximum absolute atomic E-state index is 6.30. The fourth-order valence-corrected chi connectivity index (χ4v) is 6.74. The highest BCUT2D eigenvalue weighted by atomic mass is 35.5. The molecule has 0 radical (unpaired) electrons. The fraction of sp³-hybridized carbons (Fsp3) is 0.150. The molecule has 3 N–H and O–H groups in total. The van der Waals surface area contributed by atoms with Crippen LogP contribution in [-0.4, -0.2) is 65.8 Å². The Bertz CT molecular complexity index is 2590. The molecule has 0 amide bonds.